The van der Waals surface area contributed by atoms with Crippen molar-refractivity contribution >= 4 is 0 Å². The number of methoxy groups -OCH3 is 2. The maximum Gasteiger partial charge on any atom is 0.121 e. The fourth-order valence-electron chi connectivity index (χ4n) is 6.20. The van der Waals surface area contributed by atoms with Crippen molar-refractivity contribution < 1.29 is 14.6 Å². The van der Waals surface area contributed by atoms with Gasteiger partial charge >= 0.3 is 0 Å². The van der Waals surface area contributed by atoms with Crippen molar-refractivity contribution in [1.82, 2.24) is 0 Å². The zero-order valence-electron chi connectivity index (χ0n) is 15.9. The smallest absolute Gasteiger partial charge is 0.121 e. The van der Waals surface area contributed by atoms with Gasteiger partial charge in [-0.1, -0.05) is 36.4 Å². The lowest BCUT2D eigenvalue weighted by Crippen LogP contribution is -2.58. The van der Waals surface area contributed by atoms with Crippen LogP contribution in [-0.4, -0.2) is 19.3 Å². The quantitative estimate of drug-likeness (QED) is 0.794. The molecule has 0 aliphatic heterocycles. The van der Waals surface area contributed by atoms with Crippen molar-refractivity contribution in [2.24, 2.45) is 23.2 Å². The minimum absolute atomic E-state index is 0.148. The zero-order chi connectivity index (χ0) is 18.6. The number of fused-ring (bicyclic) bond motifs is 5. The Kier molecular flexibility index (Phi) is 3.67. The summed E-state index contributed by atoms with van der Waals surface area (Å²) in [4.78, 5) is 0. The summed E-state index contributed by atoms with van der Waals surface area (Å²) in [6.07, 6.45) is 8.15. The van der Waals surface area contributed by atoms with Crippen LogP contribution in [0.1, 0.15) is 30.4 Å². The topological polar surface area (TPSA) is 38.7 Å². The fourth-order valence-corrected chi connectivity index (χ4v) is 6.20. The van der Waals surface area contributed by atoms with E-state index in [2.05, 4.69) is 12.2 Å². The largest absolute Gasteiger partial charge is 0.497 e. The molecular weight excluding hydrogens is 336 g/mol. The predicted octanol–water partition coefficient (Wildman–Crippen LogP) is 4.54. The van der Waals surface area contributed by atoms with E-state index in [1.165, 1.54) is 12.8 Å². The van der Waals surface area contributed by atoms with Crippen LogP contribution in [0.15, 0.2) is 60.7 Å². The molecule has 2 fully saturated rings. The number of hydrogen-bond donors (Lipinski definition) is 1. The van der Waals surface area contributed by atoms with Crippen LogP contribution in [0.25, 0.3) is 0 Å². The summed E-state index contributed by atoms with van der Waals surface area (Å²) < 4.78 is 11.0. The molecule has 4 atom stereocenters. The molecule has 2 aromatic rings. The van der Waals surface area contributed by atoms with Gasteiger partial charge in [0.15, 0.2) is 0 Å². The Labute approximate surface area is 160 Å². The number of hydrogen-bond acceptors (Lipinski definition) is 3. The van der Waals surface area contributed by atoms with E-state index < -0.39 is 5.60 Å². The van der Waals surface area contributed by atoms with Crippen LogP contribution in [0, 0.1) is 23.2 Å². The van der Waals surface area contributed by atoms with Crippen molar-refractivity contribution in [3.8, 4) is 11.5 Å². The Hall–Kier alpha value is -2.26. The number of aliphatic hydroxyl groups is 1. The summed E-state index contributed by atoms with van der Waals surface area (Å²) in [5.74, 6) is 3.12. The molecule has 2 bridgehead atoms. The molecule has 0 saturated heterocycles. The molecule has 3 aliphatic carbocycles. The van der Waals surface area contributed by atoms with Gasteiger partial charge < -0.3 is 14.6 Å². The van der Waals surface area contributed by atoms with E-state index in [0.29, 0.717) is 17.8 Å². The zero-order valence-corrected chi connectivity index (χ0v) is 15.9. The van der Waals surface area contributed by atoms with Crippen molar-refractivity contribution in [2.45, 2.75) is 24.9 Å². The maximum absolute atomic E-state index is 12.6. The first kappa shape index (κ1) is 16.9. The normalized spacial score (nSPS) is 30.7. The number of rotatable bonds is 5. The number of allylic oxidation sites excluding steroid dienone is 2. The molecule has 0 aromatic heterocycles. The molecule has 0 spiro atoms. The van der Waals surface area contributed by atoms with Gasteiger partial charge in [0.25, 0.3) is 0 Å². The van der Waals surface area contributed by atoms with Crippen molar-refractivity contribution in [2.75, 3.05) is 14.2 Å². The van der Waals surface area contributed by atoms with E-state index >= 15 is 0 Å². The number of ether oxygens (including phenoxy) is 2. The van der Waals surface area contributed by atoms with Gasteiger partial charge in [-0.25, -0.2) is 0 Å². The van der Waals surface area contributed by atoms with Gasteiger partial charge in [0.05, 0.1) is 14.2 Å². The van der Waals surface area contributed by atoms with Gasteiger partial charge in [0, 0.05) is 5.41 Å². The predicted molar refractivity (Wildman–Crippen MR) is 105 cm³/mol. The molecule has 0 unspecified atom stereocenters. The van der Waals surface area contributed by atoms with Crippen LogP contribution in [0.5, 0.6) is 11.5 Å². The molecule has 3 heteroatoms. The average Bonchev–Trinajstić information content (AvgIpc) is 3.23. The van der Waals surface area contributed by atoms with Gasteiger partial charge in [0.1, 0.15) is 17.1 Å². The Morgan fingerprint density at radius 3 is 2.07 bits per heavy atom. The fraction of sp³-hybridized carbons (Fsp3) is 0.417. The van der Waals surface area contributed by atoms with Crippen molar-refractivity contribution in [3.05, 3.63) is 71.8 Å². The molecule has 5 rings (SSSR count). The molecule has 2 saturated carbocycles. The molecule has 0 amide bonds. The molecular formula is C24H26O3. The highest BCUT2D eigenvalue weighted by Crippen LogP contribution is 2.73. The maximum atomic E-state index is 12.6. The number of benzene rings is 2. The van der Waals surface area contributed by atoms with Crippen LogP contribution in [0.2, 0.25) is 0 Å². The summed E-state index contributed by atoms with van der Waals surface area (Å²) >= 11 is 0. The van der Waals surface area contributed by atoms with Crippen LogP contribution in [0.4, 0.5) is 0 Å². The lowest BCUT2D eigenvalue weighted by Gasteiger charge is -2.60. The second kappa shape index (κ2) is 5.87. The Morgan fingerprint density at radius 1 is 0.963 bits per heavy atom. The third kappa shape index (κ3) is 2.06. The lowest BCUT2D eigenvalue weighted by molar-refractivity contribution is -0.157. The van der Waals surface area contributed by atoms with E-state index in [1.807, 2.05) is 48.5 Å². The third-order valence-electron chi connectivity index (χ3n) is 7.47. The first-order valence-corrected chi connectivity index (χ1v) is 9.83. The molecule has 2 aromatic carbocycles. The van der Waals surface area contributed by atoms with E-state index in [0.717, 1.165) is 29.0 Å². The Morgan fingerprint density at radius 2 is 1.59 bits per heavy atom. The monoisotopic (exact) mass is 362 g/mol. The Bertz CT molecular complexity index is 855. The van der Waals surface area contributed by atoms with Gasteiger partial charge in [-0.2, -0.15) is 0 Å². The standard InChI is InChI=1S/C24H26O3/c1-26-20-7-3-5-18(14-20)24(25,19-6-4-8-21(15-19)27-2)23-12-11-22(23)16-9-10-17(23)13-16/h3-10,14-17,22,25H,11-13H2,1-2H3/t16-,17+,22+,23+/m0/s1. The minimum atomic E-state index is -1.07. The van der Waals surface area contributed by atoms with Gasteiger partial charge in [-0.05, 0) is 72.4 Å². The van der Waals surface area contributed by atoms with E-state index in [1.54, 1.807) is 14.2 Å². The van der Waals surface area contributed by atoms with Crippen molar-refractivity contribution in [3.63, 3.8) is 0 Å². The summed E-state index contributed by atoms with van der Waals surface area (Å²) in [7, 11) is 3.35. The van der Waals surface area contributed by atoms with Crippen LogP contribution in [0.3, 0.4) is 0 Å². The summed E-state index contributed by atoms with van der Waals surface area (Å²) in [6, 6.07) is 15.9. The molecule has 3 aliphatic rings. The lowest BCUT2D eigenvalue weighted by atomic mass is 9.45. The minimum Gasteiger partial charge on any atom is -0.497 e. The van der Waals surface area contributed by atoms with Crippen molar-refractivity contribution in [1.29, 1.82) is 0 Å². The van der Waals surface area contributed by atoms with Gasteiger partial charge in [-0.3, -0.25) is 0 Å². The molecule has 140 valence electrons. The molecule has 1 N–H and O–H groups in total. The van der Waals surface area contributed by atoms with Crippen LogP contribution in [-0.2, 0) is 5.60 Å². The molecule has 0 radical (unpaired) electrons. The summed E-state index contributed by atoms with van der Waals surface area (Å²) in [5, 5.41) is 12.6. The van der Waals surface area contributed by atoms with E-state index in [-0.39, 0.29) is 5.41 Å². The highest BCUT2D eigenvalue weighted by molar-refractivity contribution is 5.48. The second-order valence-electron chi connectivity index (χ2n) is 8.25. The van der Waals surface area contributed by atoms with E-state index in [9.17, 15) is 5.11 Å². The highest BCUT2D eigenvalue weighted by atomic mass is 16.5. The van der Waals surface area contributed by atoms with Gasteiger partial charge in [-0.15, -0.1) is 0 Å². The SMILES string of the molecule is COc1cccc(C(O)(c2cccc(OC)c2)[C@@]23CC[C@@H]2[C@H]2C=C[C@@H]3C2)c1. The third-order valence-corrected chi connectivity index (χ3v) is 7.47. The molecule has 0 heterocycles. The van der Waals surface area contributed by atoms with Crippen LogP contribution < -0.4 is 9.47 Å². The summed E-state index contributed by atoms with van der Waals surface area (Å²) in [6.45, 7) is 0. The van der Waals surface area contributed by atoms with Crippen LogP contribution >= 0.6 is 0 Å². The van der Waals surface area contributed by atoms with Gasteiger partial charge in [0.2, 0.25) is 0 Å². The highest BCUT2D eigenvalue weighted by Gasteiger charge is 2.70. The first-order chi connectivity index (χ1) is 13.1. The van der Waals surface area contributed by atoms with E-state index in [4.69, 9.17) is 9.47 Å². The average molecular weight is 362 g/mol. The first-order valence-electron chi connectivity index (χ1n) is 9.83. The Balaban J connectivity index is 1.74. The molecule has 27 heavy (non-hydrogen) atoms. The second-order valence-corrected chi connectivity index (χ2v) is 8.25. The summed E-state index contributed by atoms with van der Waals surface area (Å²) in [5.41, 5.74) is 0.621. The molecule has 3 nitrogen and oxygen atoms in total.